The second kappa shape index (κ2) is 7.49. The summed E-state index contributed by atoms with van der Waals surface area (Å²) in [6, 6.07) is 5.66. The molecule has 0 saturated heterocycles. The van der Waals surface area contributed by atoms with E-state index in [9.17, 15) is 4.79 Å². The van der Waals surface area contributed by atoms with E-state index in [4.69, 9.17) is 15.2 Å². The fourth-order valence-corrected chi connectivity index (χ4v) is 3.24. The predicted octanol–water partition coefficient (Wildman–Crippen LogP) is 2.04. The van der Waals surface area contributed by atoms with Crippen LogP contribution in [0.15, 0.2) is 18.2 Å². The standard InChI is InChI=1S/C17H26N2O3/c1-19(17(20)15-6-4-5-12(15)10-18)11-13-7-8-14(21-2)9-16(13)22-3/h7-9,12,15H,4-6,10-11,18H2,1-3H3/t12-,15-/m1/s1. The summed E-state index contributed by atoms with van der Waals surface area (Å²) in [5, 5.41) is 0. The van der Waals surface area contributed by atoms with Gasteiger partial charge in [0.25, 0.3) is 0 Å². The molecule has 2 N–H and O–H groups in total. The highest BCUT2D eigenvalue weighted by atomic mass is 16.5. The van der Waals surface area contributed by atoms with Crippen LogP contribution < -0.4 is 15.2 Å². The maximum atomic E-state index is 12.6. The summed E-state index contributed by atoms with van der Waals surface area (Å²) in [5.41, 5.74) is 6.76. The molecule has 2 rings (SSSR count). The number of nitrogens with zero attached hydrogens (tertiary/aromatic N) is 1. The van der Waals surface area contributed by atoms with Gasteiger partial charge in [-0.05, 0) is 37.4 Å². The Balaban J connectivity index is 2.08. The van der Waals surface area contributed by atoms with E-state index < -0.39 is 0 Å². The van der Waals surface area contributed by atoms with Gasteiger partial charge in [0.15, 0.2) is 0 Å². The third-order valence-electron chi connectivity index (χ3n) is 4.56. The zero-order chi connectivity index (χ0) is 16.1. The van der Waals surface area contributed by atoms with E-state index in [2.05, 4.69) is 0 Å². The maximum absolute atomic E-state index is 12.6. The number of carbonyl (C=O) groups is 1. The molecule has 1 aliphatic carbocycles. The normalized spacial score (nSPS) is 20.7. The molecular formula is C17H26N2O3. The highest BCUT2D eigenvalue weighted by Gasteiger charge is 2.33. The van der Waals surface area contributed by atoms with Crippen LogP contribution in [-0.2, 0) is 11.3 Å². The van der Waals surface area contributed by atoms with Crippen molar-refractivity contribution in [2.45, 2.75) is 25.8 Å². The SMILES string of the molecule is COc1ccc(CN(C)C(=O)[C@@H]2CCC[C@@H]2CN)c(OC)c1. The molecule has 0 aliphatic heterocycles. The Hall–Kier alpha value is -1.75. The van der Waals surface area contributed by atoms with Gasteiger partial charge in [-0.1, -0.05) is 6.42 Å². The minimum absolute atomic E-state index is 0.0687. The first-order valence-electron chi connectivity index (χ1n) is 7.76. The smallest absolute Gasteiger partial charge is 0.226 e. The van der Waals surface area contributed by atoms with E-state index in [1.165, 1.54) is 0 Å². The molecule has 0 heterocycles. The summed E-state index contributed by atoms with van der Waals surface area (Å²) >= 11 is 0. The highest BCUT2D eigenvalue weighted by Crippen LogP contribution is 2.33. The lowest BCUT2D eigenvalue weighted by Gasteiger charge is -2.25. The zero-order valence-corrected chi connectivity index (χ0v) is 13.7. The molecule has 0 unspecified atom stereocenters. The Morgan fingerprint density at radius 2 is 2.09 bits per heavy atom. The molecule has 122 valence electrons. The summed E-state index contributed by atoms with van der Waals surface area (Å²) < 4.78 is 10.6. The van der Waals surface area contributed by atoms with Gasteiger partial charge >= 0.3 is 0 Å². The number of hydrogen-bond acceptors (Lipinski definition) is 4. The molecule has 1 saturated carbocycles. The van der Waals surface area contributed by atoms with E-state index >= 15 is 0 Å². The lowest BCUT2D eigenvalue weighted by Crippen LogP contribution is -2.36. The van der Waals surface area contributed by atoms with Crippen molar-refractivity contribution < 1.29 is 14.3 Å². The first-order valence-corrected chi connectivity index (χ1v) is 7.76. The second-order valence-electron chi connectivity index (χ2n) is 5.91. The number of ether oxygens (including phenoxy) is 2. The van der Waals surface area contributed by atoms with Crippen molar-refractivity contribution >= 4 is 5.91 Å². The van der Waals surface area contributed by atoms with E-state index in [0.29, 0.717) is 19.0 Å². The summed E-state index contributed by atoms with van der Waals surface area (Å²) in [6.07, 6.45) is 3.11. The van der Waals surface area contributed by atoms with Gasteiger partial charge in [-0.25, -0.2) is 0 Å². The summed E-state index contributed by atoms with van der Waals surface area (Å²) in [7, 11) is 5.09. The number of hydrogen-bond donors (Lipinski definition) is 1. The van der Waals surface area contributed by atoms with Gasteiger partial charge in [0.2, 0.25) is 5.91 Å². The molecule has 22 heavy (non-hydrogen) atoms. The predicted molar refractivity (Wildman–Crippen MR) is 85.9 cm³/mol. The summed E-state index contributed by atoms with van der Waals surface area (Å²) in [6.45, 7) is 1.12. The number of carbonyl (C=O) groups excluding carboxylic acids is 1. The molecule has 0 radical (unpaired) electrons. The topological polar surface area (TPSA) is 64.8 Å². The van der Waals surface area contributed by atoms with Crippen molar-refractivity contribution in [3.05, 3.63) is 23.8 Å². The average Bonchev–Trinajstić information content (AvgIpc) is 3.02. The van der Waals surface area contributed by atoms with Gasteiger partial charge in [0.05, 0.1) is 14.2 Å². The molecular weight excluding hydrogens is 280 g/mol. The van der Waals surface area contributed by atoms with Crippen LogP contribution in [-0.4, -0.2) is 38.6 Å². The van der Waals surface area contributed by atoms with Gasteiger partial charge in [-0.15, -0.1) is 0 Å². The Morgan fingerprint density at radius 3 is 2.73 bits per heavy atom. The Labute approximate surface area is 132 Å². The van der Waals surface area contributed by atoms with Crippen molar-refractivity contribution in [1.82, 2.24) is 4.90 Å². The molecule has 0 spiro atoms. The largest absolute Gasteiger partial charge is 0.497 e. The second-order valence-corrected chi connectivity index (χ2v) is 5.91. The third-order valence-corrected chi connectivity index (χ3v) is 4.56. The number of rotatable bonds is 6. The van der Waals surface area contributed by atoms with Crippen molar-refractivity contribution in [2.75, 3.05) is 27.8 Å². The van der Waals surface area contributed by atoms with Gasteiger partial charge in [-0.3, -0.25) is 4.79 Å². The fourth-order valence-electron chi connectivity index (χ4n) is 3.24. The molecule has 5 heteroatoms. The number of methoxy groups -OCH3 is 2. The summed E-state index contributed by atoms with van der Waals surface area (Å²) in [4.78, 5) is 14.4. The molecule has 0 bridgehead atoms. The third kappa shape index (κ3) is 3.53. The van der Waals surface area contributed by atoms with Crippen molar-refractivity contribution in [1.29, 1.82) is 0 Å². The molecule has 0 aromatic heterocycles. The van der Waals surface area contributed by atoms with Crippen LogP contribution in [0.4, 0.5) is 0 Å². The van der Waals surface area contributed by atoms with Crippen LogP contribution in [0.25, 0.3) is 0 Å². The quantitative estimate of drug-likeness (QED) is 0.873. The minimum Gasteiger partial charge on any atom is -0.497 e. The van der Waals surface area contributed by atoms with Crippen molar-refractivity contribution in [3.8, 4) is 11.5 Å². The van der Waals surface area contributed by atoms with E-state index in [0.717, 1.165) is 36.3 Å². The van der Waals surface area contributed by atoms with Gasteiger partial charge < -0.3 is 20.1 Å². The lowest BCUT2D eigenvalue weighted by molar-refractivity contribution is -0.135. The monoisotopic (exact) mass is 306 g/mol. The number of amides is 1. The Bertz CT molecular complexity index is 519. The van der Waals surface area contributed by atoms with Crippen LogP contribution in [0, 0.1) is 11.8 Å². The molecule has 1 fully saturated rings. The zero-order valence-electron chi connectivity index (χ0n) is 13.7. The lowest BCUT2D eigenvalue weighted by atomic mass is 9.94. The van der Waals surface area contributed by atoms with E-state index in [1.807, 2.05) is 25.2 Å². The van der Waals surface area contributed by atoms with Crippen LogP contribution in [0.5, 0.6) is 11.5 Å². The highest BCUT2D eigenvalue weighted by molar-refractivity contribution is 5.79. The minimum atomic E-state index is 0.0687. The van der Waals surface area contributed by atoms with Crippen LogP contribution in [0.2, 0.25) is 0 Å². The molecule has 2 atom stereocenters. The van der Waals surface area contributed by atoms with Gasteiger partial charge in [-0.2, -0.15) is 0 Å². The van der Waals surface area contributed by atoms with Crippen molar-refractivity contribution in [2.24, 2.45) is 17.6 Å². The molecule has 1 aliphatic rings. The molecule has 1 amide bonds. The molecule has 5 nitrogen and oxygen atoms in total. The van der Waals surface area contributed by atoms with Gasteiger partial charge in [0, 0.05) is 31.1 Å². The van der Waals surface area contributed by atoms with Gasteiger partial charge in [0.1, 0.15) is 11.5 Å². The Kier molecular flexibility index (Phi) is 5.66. The first-order chi connectivity index (χ1) is 10.6. The Morgan fingerprint density at radius 1 is 1.32 bits per heavy atom. The fraction of sp³-hybridized carbons (Fsp3) is 0.588. The van der Waals surface area contributed by atoms with E-state index in [1.54, 1.807) is 19.1 Å². The number of benzene rings is 1. The number of nitrogens with two attached hydrogens (primary N) is 1. The molecule has 1 aromatic rings. The maximum Gasteiger partial charge on any atom is 0.226 e. The van der Waals surface area contributed by atoms with Crippen molar-refractivity contribution in [3.63, 3.8) is 0 Å². The average molecular weight is 306 g/mol. The summed E-state index contributed by atoms with van der Waals surface area (Å²) in [5.74, 6) is 2.06. The van der Waals surface area contributed by atoms with Crippen LogP contribution in [0.1, 0.15) is 24.8 Å². The first kappa shape index (κ1) is 16.6. The van der Waals surface area contributed by atoms with Crippen LogP contribution >= 0.6 is 0 Å². The van der Waals surface area contributed by atoms with Crippen LogP contribution in [0.3, 0.4) is 0 Å². The van der Waals surface area contributed by atoms with E-state index in [-0.39, 0.29) is 11.8 Å². The molecule has 1 aromatic carbocycles.